The Morgan fingerprint density at radius 2 is 2.05 bits per heavy atom. The van der Waals surface area contributed by atoms with E-state index in [9.17, 15) is 13.2 Å². The van der Waals surface area contributed by atoms with E-state index < -0.39 is 11.7 Å². The second-order valence-corrected chi connectivity index (χ2v) is 6.11. The van der Waals surface area contributed by atoms with Gasteiger partial charge in [-0.05, 0) is 44.0 Å². The lowest BCUT2D eigenvalue weighted by Gasteiger charge is -2.27. The predicted molar refractivity (Wildman–Crippen MR) is 78.1 cm³/mol. The Morgan fingerprint density at radius 3 is 2.57 bits per heavy atom. The molecule has 0 aromatic heterocycles. The smallest absolute Gasteiger partial charge is 0.312 e. The van der Waals surface area contributed by atoms with Crippen LogP contribution in [0.2, 0.25) is 0 Å². The van der Waals surface area contributed by atoms with Crippen molar-refractivity contribution < 1.29 is 13.2 Å². The van der Waals surface area contributed by atoms with Gasteiger partial charge in [0.2, 0.25) is 0 Å². The molecular formula is C16H23F3N2. The summed E-state index contributed by atoms with van der Waals surface area (Å²) in [4.78, 5) is 2.35. The van der Waals surface area contributed by atoms with Gasteiger partial charge in [-0.2, -0.15) is 13.2 Å². The monoisotopic (exact) mass is 300 g/mol. The molecule has 21 heavy (non-hydrogen) atoms. The molecule has 1 fully saturated rings. The maximum absolute atomic E-state index is 12.8. The minimum Gasteiger partial charge on any atom is -0.312 e. The second kappa shape index (κ2) is 6.36. The molecule has 1 aliphatic heterocycles. The summed E-state index contributed by atoms with van der Waals surface area (Å²) in [6.07, 6.45) is -3.14. The van der Waals surface area contributed by atoms with E-state index in [1.165, 1.54) is 12.1 Å². The normalized spacial score (nSPS) is 25.2. The van der Waals surface area contributed by atoms with Gasteiger partial charge >= 0.3 is 6.18 Å². The summed E-state index contributed by atoms with van der Waals surface area (Å²) in [6, 6.07) is 6.03. The van der Waals surface area contributed by atoms with Crippen LogP contribution in [0, 0.1) is 5.92 Å². The first kappa shape index (κ1) is 16.3. The molecule has 3 unspecified atom stereocenters. The number of halogens is 3. The van der Waals surface area contributed by atoms with Crippen molar-refractivity contribution >= 4 is 0 Å². The van der Waals surface area contributed by atoms with E-state index in [4.69, 9.17) is 0 Å². The van der Waals surface area contributed by atoms with E-state index in [0.717, 1.165) is 25.6 Å². The van der Waals surface area contributed by atoms with E-state index in [0.29, 0.717) is 17.5 Å². The number of likely N-dealkylation sites (N-methyl/N-ethyl adjacent to an activating group) is 1. The highest BCUT2D eigenvalue weighted by atomic mass is 19.4. The number of benzene rings is 1. The lowest BCUT2D eigenvalue weighted by molar-refractivity contribution is -0.137. The molecule has 0 saturated carbocycles. The van der Waals surface area contributed by atoms with Crippen molar-refractivity contribution in [3.63, 3.8) is 0 Å². The van der Waals surface area contributed by atoms with Crippen LogP contribution in [0.15, 0.2) is 24.3 Å². The number of alkyl halides is 3. The molecule has 1 heterocycles. The summed E-state index contributed by atoms with van der Waals surface area (Å²) >= 11 is 0. The number of rotatable bonds is 4. The second-order valence-electron chi connectivity index (χ2n) is 6.11. The van der Waals surface area contributed by atoms with Crippen LogP contribution >= 0.6 is 0 Å². The average molecular weight is 300 g/mol. The summed E-state index contributed by atoms with van der Waals surface area (Å²) in [5, 5.41) is 3.15. The molecule has 3 atom stereocenters. The minimum absolute atomic E-state index is 0.0833. The van der Waals surface area contributed by atoms with Crippen LogP contribution in [0.3, 0.4) is 0 Å². The highest BCUT2D eigenvalue weighted by Gasteiger charge is 2.32. The lowest BCUT2D eigenvalue weighted by Crippen LogP contribution is -2.36. The molecular weight excluding hydrogens is 277 g/mol. The SMILES string of the molecule is CNC(CN1CC(C)CC1C)c1cccc(C(F)(F)F)c1. The summed E-state index contributed by atoms with van der Waals surface area (Å²) in [6.45, 7) is 6.15. The van der Waals surface area contributed by atoms with Gasteiger partial charge in [-0.1, -0.05) is 19.1 Å². The molecule has 1 N–H and O–H groups in total. The molecule has 1 aromatic rings. The van der Waals surface area contributed by atoms with Gasteiger partial charge in [0, 0.05) is 25.2 Å². The lowest BCUT2D eigenvalue weighted by atomic mass is 10.0. The molecule has 118 valence electrons. The number of nitrogens with zero attached hydrogens (tertiary/aromatic N) is 1. The molecule has 0 bridgehead atoms. The number of hydrogen-bond donors (Lipinski definition) is 1. The van der Waals surface area contributed by atoms with Crippen LogP contribution in [0.25, 0.3) is 0 Å². The maximum atomic E-state index is 12.8. The van der Waals surface area contributed by atoms with Crippen molar-refractivity contribution in [3.05, 3.63) is 35.4 Å². The molecule has 2 rings (SSSR count). The highest BCUT2D eigenvalue weighted by molar-refractivity contribution is 5.28. The predicted octanol–water partition coefficient (Wildman–Crippen LogP) is 3.70. The molecule has 2 nitrogen and oxygen atoms in total. The Labute approximate surface area is 124 Å². The van der Waals surface area contributed by atoms with Gasteiger partial charge in [-0.15, -0.1) is 0 Å². The first-order chi connectivity index (χ1) is 9.81. The third kappa shape index (κ3) is 3.98. The van der Waals surface area contributed by atoms with E-state index in [1.807, 2.05) is 0 Å². The number of likely N-dealkylation sites (tertiary alicyclic amines) is 1. The molecule has 0 spiro atoms. The fraction of sp³-hybridized carbons (Fsp3) is 0.625. The summed E-state index contributed by atoms with van der Waals surface area (Å²) in [7, 11) is 1.80. The summed E-state index contributed by atoms with van der Waals surface area (Å²) < 4.78 is 38.5. The van der Waals surface area contributed by atoms with E-state index in [2.05, 4.69) is 24.1 Å². The Hall–Kier alpha value is -1.07. The molecule has 1 aliphatic rings. The third-order valence-electron chi connectivity index (χ3n) is 4.29. The number of hydrogen-bond acceptors (Lipinski definition) is 2. The van der Waals surface area contributed by atoms with E-state index in [1.54, 1.807) is 13.1 Å². The zero-order valence-electron chi connectivity index (χ0n) is 12.7. The van der Waals surface area contributed by atoms with Gasteiger partial charge in [0.1, 0.15) is 0 Å². The maximum Gasteiger partial charge on any atom is 0.416 e. The van der Waals surface area contributed by atoms with Crippen LogP contribution in [-0.4, -0.2) is 31.1 Å². The molecule has 5 heteroatoms. The van der Waals surface area contributed by atoms with Gasteiger partial charge in [0.15, 0.2) is 0 Å². The van der Waals surface area contributed by atoms with Crippen LogP contribution in [0.4, 0.5) is 13.2 Å². The van der Waals surface area contributed by atoms with Crippen LogP contribution in [0.1, 0.15) is 37.4 Å². The van der Waals surface area contributed by atoms with Gasteiger partial charge in [-0.3, -0.25) is 4.90 Å². The Morgan fingerprint density at radius 1 is 1.33 bits per heavy atom. The van der Waals surface area contributed by atoms with Gasteiger partial charge in [0.25, 0.3) is 0 Å². The first-order valence-corrected chi connectivity index (χ1v) is 7.39. The third-order valence-corrected chi connectivity index (χ3v) is 4.29. The van der Waals surface area contributed by atoms with Gasteiger partial charge in [-0.25, -0.2) is 0 Å². The van der Waals surface area contributed by atoms with Crippen molar-refractivity contribution in [1.82, 2.24) is 10.2 Å². The summed E-state index contributed by atoms with van der Waals surface area (Å²) in [5.41, 5.74) is 0.113. The molecule has 0 radical (unpaired) electrons. The Bertz CT molecular complexity index is 473. The highest BCUT2D eigenvalue weighted by Crippen LogP contribution is 2.31. The van der Waals surface area contributed by atoms with Crippen molar-refractivity contribution in [1.29, 1.82) is 0 Å². The number of nitrogens with one attached hydrogen (secondary N) is 1. The largest absolute Gasteiger partial charge is 0.416 e. The van der Waals surface area contributed by atoms with Crippen LogP contribution in [0.5, 0.6) is 0 Å². The molecule has 0 aliphatic carbocycles. The standard InChI is InChI=1S/C16H23F3N2/c1-11-7-12(2)21(9-11)10-15(20-3)13-5-4-6-14(8-13)16(17,18)19/h4-6,8,11-12,15,20H,7,9-10H2,1-3H3. The van der Waals surface area contributed by atoms with E-state index in [-0.39, 0.29) is 6.04 Å². The van der Waals surface area contributed by atoms with Crippen LogP contribution < -0.4 is 5.32 Å². The fourth-order valence-corrected chi connectivity index (χ4v) is 3.17. The zero-order chi connectivity index (χ0) is 15.6. The quantitative estimate of drug-likeness (QED) is 0.912. The van der Waals surface area contributed by atoms with Crippen molar-refractivity contribution in [2.75, 3.05) is 20.1 Å². The van der Waals surface area contributed by atoms with E-state index >= 15 is 0 Å². The molecule has 0 amide bonds. The minimum atomic E-state index is -4.29. The first-order valence-electron chi connectivity index (χ1n) is 7.39. The average Bonchev–Trinajstić information content (AvgIpc) is 2.73. The fourth-order valence-electron chi connectivity index (χ4n) is 3.17. The van der Waals surface area contributed by atoms with Crippen molar-refractivity contribution in [2.24, 2.45) is 5.92 Å². The van der Waals surface area contributed by atoms with Gasteiger partial charge < -0.3 is 5.32 Å². The zero-order valence-corrected chi connectivity index (χ0v) is 12.7. The van der Waals surface area contributed by atoms with Crippen molar-refractivity contribution in [2.45, 2.75) is 38.5 Å². The summed E-state index contributed by atoms with van der Waals surface area (Å²) in [5.74, 6) is 0.652. The Kier molecular flexibility index (Phi) is 4.94. The Balaban J connectivity index is 2.14. The topological polar surface area (TPSA) is 15.3 Å². The van der Waals surface area contributed by atoms with Crippen molar-refractivity contribution in [3.8, 4) is 0 Å². The van der Waals surface area contributed by atoms with Gasteiger partial charge in [0.05, 0.1) is 5.56 Å². The molecule has 1 aromatic carbocycles. The molecule has 1 saturated heterocycles. The van der Waals surface area contributed by atoms with Crippen LogP contribution in [-0.2, 0) is 6.18 Å².